The van der Waals surface area contributed by atoms with Crippen molar-refractivity contribution in [2.75, 3.05) is 11.9 Å². The van der Waals surface area contributed by atoms with Gasteiger partial charge in [0.1, 0.15) is 36.4 Å². The Hall–Kier alpha value is -4.48. The SMILES string of the molecule is C#CCOc1ccc(/C=C(\C#N)C(=O)Nc2ccc(OCc3ccccc3)cc2)cc1. The molecule has 1 N–H and O–H groups in total. The molecule has 0 aliphatic rings. The molecule has 3 aromatic carbocycles. The zero-order valence-electron chi connectivity index (χ0n) is 16.7. The van der Waals surface area contributed by atoms with Gasteiger partial charge in [-0.15, -0.1) is 6.42 Å². The number of nitrogens with one attached hydrogen (secondary N) is 1. The van der Waals surface area contributed by atoms with Gasteiger partial charge in [0, 0.05) is 5.69 Å². The molecule has 0 fully saturated rings. The van der Waals surface area contributed by atoms with Crippen LogP contribution in [0.3, 0.4) is 0 Å². The standard InChI is InChI=1S/C26H20N2O3/c1-2-16-30-24-12-8-20(9-13-24)17-22(18-27)26(29)28-23-10-14-25(15-11-23)31-19-21-6-4-3-5-7-21/h1,3-15,17H,16,19H2,(H,28,29)/b22-17+. The molecule has 0 unspecified atom stereocenters. The molecule has 0 heterocycles. The molecule has 1 amide bonds. The molecule has 31 heavy (non-hydrogen) atoms. The number of carbonyl (C=O) groups excluding carboxylic acids is 1. The minimum atomic E-state index is -0.492. The second kappa shape index (κ2) is 10.9. The molecule has 0 radical (unpaired) electrons. The van der Waals surface area contributed by atoms with Crippen molar-refractivity contribution >= 4 is 17.7 Å². The summed E-state index contributed by atoms with van der Waals surface area (Å²) in [4.78, 5) is 12.5. The summed E-state index contributed by atoms with van der Waals surface area (Å²) in [6.07, 6.45) is 6.67. The Bertz CT molecular complexity index is 1120. The summed E-state index contributed by atoms with van der Waals surface area (Å²) in [5, 5.41) is 12.1. The monoisotopic (exact) mass is 408 g/mol. The lowest BCUT2D eigenvalue weighted by molar-refractivity contribution is -0.112. The second-order valence-electron chi connectivity index (χ2n) is 6.48. The molecule has 3 rings (SSSR count). The summed E-state index contributed by atoms with van der Waals surface area (Å²) in [5.41, 5.74) is 2.32. The van der Waals surface area contributed by atoms with E-state index in [1.54, 1.807) is 48.5 Å². The van der Waals surface area contributed by atoms with Crippen LogP contribution in [0, 0.1) is 23.7 Å². The Morgan fingerprint density at radius 1 is 0.935 bits per heavy atom. The van der Waals surface area contributed by atoms with E-state index >= 15 is 0 Å². The maximum Gasteiger partial charge on any atom is 0.266 e. The highest BCUT2D eigenvalue weighted by molar-refractivity contribution is 6.09. The van der Waals surface area contributed by atoms with Crippen LogP contribution in [0.5, 0.6) is 11.5 Å². The molecule has 5 nitrogen and oxygen atoms in total. The third kappa shape index (κ3) is 6.52. The summed E-state index contributed by atoms with van der Waals surface area (Å²) in [7, 11) is 0. The summed E-state index contributed by atoms with van der Waals surface area (Å²) >= 11 is 0. The lowest BCUT2D eigenvalue weighted by Gasteiger charge is -2.08. The van der Waals surface area contributed by atoms with Crippen LogP contribution >= 0.6 is 0 Å². The van der Waals surface area contributed by atoms with Gasteiger partial charge in [-0.3, -0.25) is 4.79 Å². The number of anilines is 1. The fourth-order valence-corrected chi connectivity index (χ4v) is 2.67. The van der Waals surface area contributed by atoms with Crippen LogP contribution in [0.1, 0.15) is 11.1 Å². The predicted octanol–water partition coefficient (Wildman–Crippen LogP) is 4.82. The Labute approximate surface area is 181 Å². The average molecular weight is 408 g/mol. The van der Waals surface area contributed by atoms with E-state index in [2.05, 4.69) is 11.2 Å². The quantitative estimate of drug-likeness (QED) is 0.329. The van der Waals surface area contributed by atoms with Crippen molar-refractivity contribution in [3.63, 3.8) is 0 Å². The number of rotatable bonds is 8. The van der Waals surface area contributed by atoms with E-state index in [-0.39, 0.29) is 12.2 Å². The van der Waals surface area contributed by atoms with Gasteiger partial charge in [-0.25, -0.2) is 0 Å². The van der Waals surface area contributed by atoms with Crippen molar-refractivity contribution in [1.29, 1.82) is 5.26 Å². The number of nitriles is 1. The number of nitrogens with zero attached hydrogens (tertiary/aromatic N) is 1. The minimum Gasteiger partial charge on any atom is -0.489 e. The smallest absolute Gasteiger partial charge is 0.266 e. The van der Waals surface area contributed by atoms with Gasteiger partial charge in [-0.2, -0.15) is 5.26 Å². The predicted molar refractivity (Wildman–Crippen MR) is 120 cm³/mol. The molecular weight excluding hydrogens is 388 g/mol. The highest BCUT2D eigenvalue weighted by Crippen LogP contribution is 2.19. The lowest BCUT2D eigenvalue weighted by Crippen LogP contribution is -2.13. The van der Waals surface area contributed by atoms with Gasteiger partial charge in [0.05, 0.1) is 0 Å². The molecule has 0 atom stereocenters. The Kier molecular flexibility index (Phi) is 7.47. The van der Waals surface area contributed by atoms with Crippen LogP contribution in [0.25, 0.3) is 6.08 Å². The van der Waals surface area contributed by atoms with E-state index in [0.29, 0.717) is 29.4 Å². The van der Waals surface area contributed by atoms with Crippen molar-refractivity contribution in [2.24, 2.45) is 0 Å². The van der Waals surface area contributed by atoms with Crippen molar-refractivity contribution in [3.05, 3.63) is 95.6 Å². The number of ether oxygens (including phenoxy) is 2. The number of carbonyl (C=O) groups is 1. The van der Waals surface area contributed by atoms with E-state index in [9.17, 15) is 10.1 Å². The largest absolute Gasteiger partial charge is 0.489 e. The fourth-order valence-electron chi connectivity index (χ4n) is 2.67. The number of benzene rings is 3. The van der Waals surface area contributed by atoms with Gasteiger partial charge in [0.2, 0.25) is 0 Å². The molecule has 0 saturated heterocycles. The van der Waals surface area contributed by atoms with Crippen LogP contribution in [0.2, 0.25) is 0 Å². The highest BCUT2D eigenvalue weighted by atomic mass is 16.5. The van der Waals surface area contributed by atoms with Crippen molar-refractivity contribution < 1.29 is 14.3 Å². The lowest BCUT2D eigenvalue weighted by atomic mass is 10.1. The van der Waals surface area contributed by atoms with Crippen LogP contribution in [0.15, 0.2) is 84.4 Å². The second-order valence-corrected chi connectivity index (χ2v) is 6.48. The minimum absolute atomic E-state index is 0.0123. The number of hydrogen-bond donors (Lipinski definition) is 1. The van der Waals surface area contributed by atoms with E-state index in [1.807, 2.05) is 36.4 Å². The summed E-state index contributed by atoms with van der Waals surface area (Å²) < 4.78 is 11.0. The molecular formula is C26H20N2O3. The maximum absolute atomic E-state index is 12.5. The Balaban J connectivity index is 1.59. The summed E-state index contributed by atoms with van der Waals surface area (Å²) in [6.45, 7) is 0.636. The van der Waals surface area contributed by atoms with Crippen LogP contribution < -0.4 is 14.8 Å². The number of hydrogen-bond acceptors (Lipinski definition) is 4. The first-order valence-electron chi connectivity index (χ1n) is 9.54. The molecule has 3 aromatic rings. The van der Waals surface area contributed by atoms with Crippen molar-refractivity contribution in [2.45, 2.75) is 6.61 Å². The van der Waals surface area contributed by atoms with Crippen LogP contribution in [-0.4, -0.2) is 12.5 Å². The highest BCUT2D eigenvalue weighted by Gasteiger charge is 2.10. The zero-order valence-corrected chi connectivity index (χ0v) is 16.7. The van der Waals surface area contributed by atoms with E-state index < -0.39 is 5.91 Å². The molecule has 5 heteroatoms. The molecule has 0 bridgehead atoms. The average Bonchev–Trinajstić information content (AvgIpc) is 2.82. The van der Waals surface area contributed by atoms with Gasteiger partial charge >= 0.3 is 0 Å². The molecule has 0 aliphatic carbocycles. The topological polar surface area (TPSA) is 71.3 Å². The van der Waals surface area contributed by atoms with E-state index in [1.165, 1.54) is 6.08 Å². The third-order valence-corrected chi connectivity index (χ3v) is 4.24. The number of amides is 1. The summed E-state index contributed by atoms with van der Waals surface area (Å²) in [6, 6.07) is 25.7. The van der Waals surface area contributed by atoms with Gasteiger partial charge in [-0.1, -0.05) is 48.4 Å². The zero-order chi connectivity index (χ0) is 21.9. The third-order valence-electron chi connectivity index (χ3n) is 4.24. The van der Waals surface area contributed by atoms with Crippen molar-refractivity contribution in [3.8, 4) is 29.9 Å². The number of terminal acetylenes is 1. The molecule has 152 valence electrons. The van der Waals surface area contributed by atoms with Gasteiger partial charge in [0.15, 0.2) is 0 Å². The fraction of sp³-hybridized carbons (Fsp3) is 0.0769. The van der Waals surface area contributed by atoms with Crippen LogP contribution in [-0.2, 0) is 11.4 Å². The van der Waals surface area contributed by atoms with Crippen LogP contribution in [0.4, 0.5) is 5.69 Å². The molecule has 0 saturated carbocycles. The van der Waals surface area contributed by atoms with Gasteiger partial charge in [0.25, 0.3) is 5.91 Å². The Morgan fingerprint density at radius 3 is 2.23 bits per heavy atom. The van der Waals surface area contributed by atoms with E-state index in [0.717, 1.165) is 5.56 Å². The first kappa shape index (κ1) is 21.2. The van der Waals surface area contributed by atoms with Gasteiger partial charge in [-0.05, 0) is 53.6 Å². The van der Waals surface area contributed by atoms with Crippen molar-refractivity contribution in [1.82, 2.24) is 0 Å². The molecule has 0 spiro atoms. The first-order chi connectivity index (χ1) is 15.2. The Morgan fingerprint density at radius 2 is 1.58 bits per heavy atom. The maximum atomic E-state index is 12.5. The van der Waals surface area contributed by atoms with E-state index in [4.69, 9.17) is 15.9 Å². The van der Waals surface area contributed by atoms with Gasteiger partial charge < -0.3 is 14.8 Å². The molecule has 0 aliphatic heterocycles. The first-order valence-corrected chi connectivity index (χ1v) is 9.54. The normalized spacial score (nSPS) is 10.5. The summed E-state index contributed by atoms with van der Waals surface area (Å²) in [5.74, 6) is 3.20. The molecule has 0 aromatic heterocycles.